The van der Waals surface area contributed by atoms with Crippen LogP contribution in [0.15, 0.2) is 41.1 Å². The molecule has 28 heavy (non-hydrogen) atoms. The highest BCUT2D eigenvalue weighted by molar-refractivity contribution is 6.30. The number of carbonyl (C=O) groups is 2. The number of amides is 3. The molecule has 0 spiro atoms. The smallest absolute Gasteiger partial charge is 0.324 e. The van der Waals surface area contributed by atoms with E-state index < -0.39 is 0 Å². The molecule has 0 unspecified atom stereocenters. The van der Waals surface area contributed by atoms with E-state index in [1.807, 2.05) is 19.1 Å². The van der Waals surface area contributed by atoms with Crippen LogP contribution in [0, 0.1) is 6.92 Å². The molecule has 3 amide bonds. The van der Waals surface area contributed by atoms with Crippen molar-refractivity contribution in [1.29, 1.82) is 0 Å². The second-order valence-corrected chi connectivity index (χ2v) is 6.86. The molecular formula is C19H18ClN5O3. The van der Waals surface area contributed by atoms with Crippen LogP contribution < -0.4 is 5.32 Å². The van der Waals surface area contributed by atoms with Gasteiger partial charge in [-0.15, -0.1) is 0 Å². The second-order valence-electron chi connectivity index (χ2n) is 6.43. The van der Waals surface area contributed by atoms with Crippen LogP contribution in [0.4, 0.5) is 4.79 Å². The first-order valence-electron chi connectivity index (χ1n) is 8.87. The van der Waals surface area contributed by atoms with E-state index in [1.54, 1.807) is 29.1 Å². The van der Waals surface area contributed by atoms with Crippen LogP contribution in [0.3, 0.4) is 0 Å². The van der Waals surface area contributed by atoms with Gasteiger partial charge in [-0.05, 0) is 25.5 Å². The van der Waals surface area contributed by atoms with E-state index in [0.29, 0.717) is 41.9 Å². The van der Waals surface area contributed by atoms with Crippen LogP contribution in [0.25, 0.3) is 17.3 Å². The third-order valence-electron chi connectivity index (χ3n) is 4.56. The number of imide groups is 1. The molecule has 3 aromatic rings. The molecule has 0 radical (unpaired) electrons. The van der Waals surface area contributed by atoms with Gasteiger partial charge < -0.3 is 9.73 Å². The second kappa shape index (κ2) is 7.47. The van der Waals surface area contributed by atoms with Gasteiger partial charge in [-0.1, -0.05) is 23.7 Å². The van der Waals surface area contributed by atoms with E-state index in [-0.39, 0.29) is 18.5 Å². The van der Waals surface area contributed by atoms with Gasteiger partial charge in [0.1, 0.15) is 17.3 Å². The predicted octanol–water partition coefficient (Wildman–Crippen LogP) is 2.97. The number of hydrogen-bond donors (Lipinski definition) is 1. The molecule has 1 aliphatic heterocycles. The summed E-state index contributed by atoms with van der Waals surface area (Å²) in [6, 6.07) is 7.42. The average molecular weight is 400 g/mol. The van der Waals surface area contributed by atoms with Gasteiger partial charge in [0.15, 0.2) is 0 Å². The van der Waals surface area contributed by atoms with Crippen molar-refractivity contribution >= 4 is 23.5 Å². The van der Waals surface area contributed by atoms with Crippen molar-refractivity contribution in [2.75, 3.05) is 13.1 Å². The molecule has 1 fully saturated rings. The van der Waals surface area contributed by atoms with Crippen LogP contribution in [0.5, 0.6) is 0 Å². The zero-order chi connectivity index (χ0) is 19.7. The molecule has 2 aromatic heterocycles. The van der Waals surface area contributed by atoms with Crippen molar-refractivity contribution < 1.29 is 14.0 Å². The third-order valence-corrected chi connectivity index (χ3v) is 4.81. The van der Waals surface area contributed by atoms with Crippen molar-refractivity contribution in [3.8, 4) is 17.3 Å². The SMILES string of the molecule is Cc1nccn1-c1nc(-c2ccc(Cl)cc2)c(CCCN2C(=O)CNC2=O)o1. The Labute approximate surface area is 166 Å². The minimum absolute atomic E-state index is 0.0568. The van der Waals surface area contributed by atoms with Crippen LogP contribution in [0.2, 0.25) is 5.02 Å². The highest BCUT2D eigenvalue weighted by atomic mass is 35.5. The predicted molar refractivity (Wildman–Crippen MR) is 102 cm³/mol. The van der Waals surface area contributed by atoms with Crippen molar-refractivity contribution in [2.24, 2.45) is 0 Å². The molecule has 8 nitrogen and oxygen atoms in total. The number of rotatable bonds is 6. The molecule has 0 aliphatic carbocycles. The average Bonchev–Trinajstić information content (AvgIpc) is 3.37. The summed E-state index contributed by atoms with van der Waals surface area (Å²) in [6.07, 6.45) is 4.55. The quantitative estimate of drug-likeness (QED) is 0.643. The summed E-state index contributed by atoms with van der Waals surface area (Å²) >= 11 is 6.00. The zero-order valence-corrected chi connectivity index (χ0v) is 15.9. The van der Waals surface area contributed by atoms with Crippen LogP contribution >= 0.6 is 11.6 Å². The molecule has 0 atom stereocenters. The molecular weight excluding hydrogens is 382 g/mol. The van der Waals surface area contributed by atoms with E-state index in [0.717, 1.165) is 11.4 Å². The Kier molecular flexibility index (Phi) is 4.87. The molecule has 9 heteroatoms. The Balaban J connectivity index is 1.60. The monoisotopic (exact) mass is 399 g/mol. The van der Waals surface area contributed by atoms with E-state index in [9.17, 15) is 9.59 Å². The first-order chi connectivity index (χ1) is 13.5. The van der Waals surface area contributed by atoms with Gasteiger partial charge in [-0.2, -0.15) is 4.98 Å². The lowest BCUT2D eigenvalue weighted by molar-refractivity contribution is -0.125. The van der Waals surface area contributed by atoms with E-state index >= 15 is 0 Å². The van der Waals surface area contributed by atoms with Gasteiger partial charge >= 0.3 is 12.0 Å². The van der Waals surface area contributed by atoms with E-state index in [1.165, 1.54) is 4.90 Å². The number of aromatic nitrogens is 3. The lowest BCUT2D eigenvalue weighted by Gasteiger charge is -2.11. The Bertz CT molecular complexity index is 1010. The fourth-order valence-electron chi connectivity index (χ4n) is 3.10. The number of nitrogens with zero attached hydrogens (tertiary/aromatic N) is 4. The van der Waals surface area contributed by atoms with E-state index in [2.05, 4.69) is 15.3 Å². The summed E-state index contributed by atoms with van der Waals surface area (Å²) in [5, 5.41) is 3.16. The van der Waals surface area contributed by atoms with Gasteiger partial charge in [-0.3, -0.25) is 14.3 Å². The molecule has 1 N–H and O–H groups in total. The topological polar surface area (TPSA) is 93.3 Å². The van der Waals surface area contributed by atoms with Crippen molar-refractivity contribution in [1.82, 2.24) is 24.8 Å². The molecule has 1 saturated heterocycles. The number of imidazole rings is 1. The number of nitrogens with one attached hydrogen (secondary N) is 1. The van der Waals surface area contributed by atoms with E-state index in [4.69, 9.17) is 16.0 Å². The number of oxazole rings is 1. The Hall–Kier alpha value is -3.13. The maximum Gasteiger partial charge on any atom is 0.324 e. The number of urea groups is 1. The number of aryl methyl sites for hydroxylation is 2. The fourth-order valence-corrected chi connectivity index (χ4v) is 3.23. The first-order valence-corrected chi connectivity index (χ1v) is 9.25. The maximum atomic E-state index is 11.7. The largest absolute Gasteiger partial charge is 0.427 e. The summed E-state index contributed by atoms with van der Waals surface area (Å²) in [4.78, 5) is 33.5. The highest BCUT2D eigenvalue weighted by Gasteiger charge is 2.28. The van der Waals surface area contributed by atoms with Gasteiger partial charge in [0.25, 0.3) is 0 Å². The lowest BCUT2D eigenvalue weighted by Crippen LogP contribution is -2.32. The zero-order valence-electron chi connectivity index (χ0n) is 15.2. The number of hydrogen-bond acceptors (Lipinski definition) is 5. The van der Waals surface area contributed by atoms with Crippen LogP contribution in [-0.2, 0) is 11.2 Å². The normalized spacial score (nSPS) is 14.0. The molecule has 144 valence electrons. The molecule has 0 bridgehead atoms. The summed E-state index contributed by atoms with van der Waals surface area (Å²) in [5.41, 5.74) is 1.58. The minimum Gasteiger partial charge on any atom is -0.427 e. The highest BCUT2D eigenvalue weighted by Crippen LogP contribution is 2.28. The molecule has 0 saturated carbocycles. The summed E-state index contributed by atoms with van der Waals surface area (Å²) < 4.78 is 7.78. The van der Waals surface area contributed by atoms with Crippen LogP contribution in [0.1, 0.15) is 18.0 Å². The first kappa shape index (κ1) is 18.2. The van der Waals surface area contributed by atoms with Crippen molar-refractivity contribution in [2.45, 2.75) is 19.8 Å². The fraction of sp³-hybridized carbons (Fsp3) is 0.263. The van der Waals surface area contributed by atoms with Gasteiger partial charge in [0.2, 0.25) is 5.91 Å². The number of halogens is 1. The Morgan fingerprint density at radius 2 is 2.04 bits per heavy atom. The molecule has 1 aromatic carbocycles. The summed E-state index contributed by atoms with van der Waals surface area (Å²) in [7, 11) is 0. The molecule has 4 rings (SSSR count). The summed E-state index contributed by atoms with van der Waals surface area (Å²) in [5.74, 6) is 1.22. The number of carbonyl (C=O) groups excluding carboxylic acids is 2. The van der Waals surface area contributed by atoms with Gasteiger partial charge in [0, 0.05) is 35.9 Å². The standard InChI is InChI=1S/C19H18ClN5O3/c1-12-21-8-10-24(12)19-23-17(13-4-6-14(20)7-5-13)15(28-19)3-2-9-25-16(26)11-22-18(25)27/h4-8,10H,2-3,9,11H2,1H3,(H,22,27). The molecule has 1 aliphatic rings. The van der Waals surface area contributed by atoms with Crippen molar-refractivity contribution in [3.63, 3.8) is 0 Å². The molecule has 3 heterocycles. The summed E-state index contributed by atoms with van der Waals surface area (Å²) in [6.45, 7) is 2.25. The maximum absolute atomic E-state index is 11.7. The van der Waals surface area contributed by atoms with Crippen LogP contribution in [-0.4, -0.2) is 44.5 Å². The number of benzene rings is 1. The minimum atomic E-state index is -0.352. The Morgan fingerprint density at radius 1 is 1.25 bits per heavy atom. The Morgan fingerprint density at radius 3 is 2.68 bits per heavy atom. The van der Waals surface area contributed by atoms with Gasteiger partial charge in [0.05, 0.1) is 6.54 Å². The van der Waals surface area contributed by atoms with Crippen molar-refractivity contribution in [3.05, 3.63) is 53.3 Å². The lowest BCUT2D eigenvalue weighted by atomic mass is 10.1. The third kappa shape index (κ3) is 3.50. The van der Waals surface area contributed by atoms with Gasteiger partial charge in [-0.25, -0.2) is 9.78 Å².